The molecule has 0 aliphatic rings. The number of anilines is 1. The summed E-state index contributed by atoms with van der Waals surface area (Å²) in [7, 11) is 0. The third-order valence-electron chi connectivity index (χ3n) is 2.31. The minimum absolute atomic E-state index is 0.106. The molecule has 18 heavy (non-hydrogen) atoms. The molecule has 1 heterocycles. The summed E-state index contributed by atoms with van der Waals surface area (Å²) >= 11 is 4.81. The average Bonchev–Trinajstić information content (AvgIpc) is 2.72. The number of thiophene rings is 1. The first-order valence-corrected chi connectivity index (χ1v) is 6.72. The Balaban J connectivity index is 2.14. The summed E-state index contributed by atoms with van der Waals surface area (Å²) in [6, 6.07) is 9.23. The van der Waals surface area contributed by atoms with Crippen LogP contribution in [0.15, 0.2) is 40.2 Å². The summed E-state index contributed by atoms with van der Waals surface area (Å²) < 4.78 is 39.2. The van der Waals surface area contributed by atoms with Crippen LogP contribution in [-0.4, -0.2) is 0 Å². The molecule has 0 fully saturated rings. The molecule has 0 saturated heterocycles. The Morgan fingerprint density at radius 1 is 1.11 bits per heavy atom. The van der Waals surface area contributed by atoms with E-state index >= 15 is 0 Å². The second kappa shape index (κ2) is 5.32. The molecule has 0 aliphatic carbocycles. The molecular weight excluding hydrogens is 327 g/mol. The SMILES string of the molecule is FC(F)(F)c1ccccc1NCc1ccc(Br)s1. The third-order valence-corrected chi connectivity index (χ3v) is 3.94. The number of para-hydroxylation sites is 1. The number of rotatable bonds is 3. The van der Waals surface area contributed by atoms with E-state index in [0.29, 0.717) is 6.54 Å². The topological polar surface area (TPSA) is 12.0 Å². The quantitative estimate of drug-likeness (QED) is 0.818. The van der Waals surface area contributed by atoms with Crippen molar-refractivity contribution in [1.82, 2.24) is 0 Å². The van der Waals surface area contributed by atoms with Crippen LogP contribution >= 0.6 is 27.3 Å². The first-order chi connectivity index (χ1) is 8.47. The maximum atomic E-state index is 12.7. The lowest BCUT2D eigenvalue weighted by atomic mass is 10.1. The van der Waals surface area contributed by atoms with Crippen molar-refractivity contribution in [3.8, 4) is 0 Å². The van der Waals surface area contributed by atoms with Gasteiger partial charge in [-0.25, -0.2) is 0 Å². The lowest BCUT2D eigenvalue weighted by Gasteiger charge is -2.13. The molecule has 0 amide bonds. The molecule has 0 radical (unpaired) electrons. The minimum atomic E-state index is -4.33. The van der Waals surface area contributed by atoms with E-state index in [4.69, 9.17) is 0 Å². The van der Waals surface area contributed by atoms with Crippen molar-refractivity contribution in [1.29, 1.82) is 0 Å². The summed E-state index contributed by atoms with van der Waals surface area (Å²) in [4.78, 5) is 0.971. The molecule has 96 valence electrons. The van der Waals surface area contributed by atoms with Crippen LogP contribution in [-0.2, 0) is 12.7 Å². The molecule has 0 spiro atoms. The van der Waals surface area contributed by atoms with Gasteiger partial charge in [-0.15, -0.1) is 11.3 Å². The van der Waals surface area contributed by atoms with Crippen LogP contribution in [0, 0.1) is 0 Å². The van der Waals surface area contributed by atoms with Gasteiger partial charge in [0.15, 0.2) is 0 Å². The van der Waals surface area contributed by atoms with Crippen molar-refractivity contribution in [2.75, 3.05) is 5.32 Å². The second-order valence-corrected chi connectivity index (χ2v) is 6.15. The zero-order valence-electron chi connectivity index (χ0n) is 9.09. The van der Waals surface area contributed by atoms with Gasteiger partial charge in [0, 0.05) is 17.1 Å². The van der Waals surface area contributed by atoms with Gasteiger partial charge in [0.05, 0.1) is 9.35 Å². The highest BCUT2D eigenvalue weighted by Gasteiger charge is 2.32. The largest absolute Gasteiger partial charge is 0.418 e. The van der Waals surface area contributed by atoms with Crippen molar-refractivity contribution >= 4 is 33.0 Å². The molecule has 0 bridgehead atoms. The Kier molecular flexibility index (Phi) is 3.97. The van der Waals surface area contributed by atoms with Gasteiger partial charge in [0.1, 0.15) is 0 Å². The van der Waals surface area contributed by atoms with E-state index in [2.05, 4.69) is 21.2 Å². The van der Waals surface area contributed by atoms with E-state index in [-0.39, 0.29) is 5.69 Å². The molecular formula is C12H9BrF3NS. The number of hydrogen-bond donors (Lipinski definition) is 1. The van der Waals surface area contributed by atoms with Gasteiger partial charge in [0.2, 0.25) is 0 Å². The Labute approximate surface area is 115 Å². The first kappa shape index (κ1) is 13.4. The normalized spacial score (nSPS) is 11.6. The van der Waals surface area contributed by atoms with Crippen molar-refractivity contribution in [2.24, 2.45) is 0 Å². The number of nitrogens with one attached hydrogen (secondary N) is 1. The van der Waals surface area contributed by atoms with Gasteiger partial charge in [-0.1, -0.05) is 12.1 Å². The van der Waals surface area contributed by atoms with Crippen LogP contribution in [0.5, 0.6) is 0 Å². The summed E-state index contributed by atoms with van der Waals surface area (Å²) in [6.45, 7) is 0.378. The zero-order chi connectivity index (χ0) is 13.2. The second-order valence-electron chi connectivity index (χ2n) is 3.60. The summed E-state index contributed by atoms with van der Waals surface area (Å²) in [6.07, 6.45) is -4.33. The zero-order valence-corrected chi connectivity index (χ0v) is 11.5. The monoisotopic (exact) mass is 335 g/mol. The lowest BCUT2D eigenvalue weighted by molar-refractivity contribution is -0.136. The van der Waals surface area contributed by atoms with Gasteiger partial charge in [0.25, 0.3) is 0 Å². The highest BCUT2D eigenvalue weighted by atomic mass is 79.9. The summed E-state index contributed by atoms with van der Waals surface area (Å²) in [5.74, 6) is 0. The van der Waals surface area contributed by atoms with E-state index in [1.165, 1.54) is 23.5 Å². The maximum Gasteiger partial charge on any atom is 0.418 e. The van der Waals surface area contributed by atoms with Crippen molar-refractivity contribution < 1.29 is 13.2 Å². The fourth-order valence-corrected chi connectivity index (χ4v) is 2.94. The molecule has 1 nitrogen and oxygen atoms in total. The maximum absolute atomic E-state index is 12.7. The predicted molar refractivity (Wildman–Crippen MR) is 70.8 cm³/mol. The Bertz CT molecular complexity index is 536. The van der Waals surface area contributed by atoms with Crippen LogP contribution in [0.2, 0.25) is 0 Å². The van der Waals surface area contributed by atoms with E-state index < -0.39 is 11.7 Å². The van der Waals surface area contributed by atoms with Crippen LogP contribution < -0.4 is 5.32 Å². The molecule has 1 aromatic carbocycles. The molecule has 0 unspecified atom stereocenters. The standard InChI is InChI=1S/C12H9BrF3NS/c13-11-6-5-8(18-11)7-17-10-4-2-1-3-9(10)12(14,15)16/h1-6,17H,7H2. The van der Waals surface area contributed by atoms with Crippen molar-refractivity contribution in [3.05, 3.63) is 50.6 Å². The fourth-order valence-electron chi connectivity index (χ4n) is 1.51. The fraction of sp³-hybridized carbons (Fsp3) is 0.167. The molecule has 2 aromatic rings. The molecule has 1 aromatic heterocycles. The van der Waals surface area contributed by atoms with Gasteiger partial charge < -0.3 is 5.32 Å². The van der Waals surface area contributed by atoms with Gasteiger partial charge in [-0.2, -0.15) is 13.2 Å². The van der Waals surface area contributed by atoms with E-state index in [1.54, 1.807) is 6.07 Å². The van der Waals surface area contributed by atoms with Crippen molar-refractivity contribution in [2.45, 2.75) is 12.7 Å². The summed E-state index contributed by atoms with van der Waals surface area (Å²) in [5.41, 5.74) is -0.532. The van der Waals surface area contributed by atoms with Crippen LogP contribution in [0.1, 0.15) is 10.4 Å². The van der Waals surface area contributed by atoms with Gasteiger partial charge in [-0.3, -0.25) is 0 Å². The first-order valence-electron chi connectivity index (χ1n) is 5.11. The molecule has 0 aliphatic heterocycles. The number of hydrogen-bond acceptors (Lipinski definition) is 2. The Morgan fingerprint density at radius 3 is 2.44 bits per heavy atom. The minimum Gasteiger partial charge on any atom is -0.380 e. The highest BCUT2D eigenvalue weighted by molar-refractivity contribution is 9.11. The van der Waals surface area contributed by atoms with Crippen LogP contribution in [0.3, 0.4) is 0 Å². The smallest absolute Gasteiger partial charge is 0.380 e. The molecule has 0 atom stereocenters. The lowest BCUT2D eigenvalue weighted by Crippen LogP contribution is -2.10. The number of halogens is 4. The van der Waals surface area contributed by atoms with Gasteiger partial charge >= 0.3 is 6.18 Å². The molecule has 1 N–H and O–H groups in total. The number of benzene rings is 1. The van der Waals surface area contributed by atoms with Gasteiger partial charge in [-0.05, 0) is 40.2 Å². The van der Waals surface area contributed by atoms with E-state index in [9.17, 15) is 13.2 Å². The number of alkyl halides is 3. The molecule has 2 rings (SSSR count). The Morgan fingerprint density at radius 2 is 1.83 bits per heavy atom. The Hall–Kier alpha value is -1.01. The van der Waals surface area contributed by atoms with Crippen LogP contribution in [0.25, 0.3) is 0 Å². The molecule has 0 saturated carbocycles. The van der Waals surface area contributed by atoms with Crippen molar-refractivity contribution in [3.63, 3.8) is 0 Å². The van der Waals surface area contributed by atoms with Crippen LogP contribution in [0.4, 0.5) is 18.9 Å². The average molecular weight is 336 g/mol. The van der Waals surface area contributed by atoms with E-state index in [0.717, 1.165) is 14.7 Å². The molecule has 6 heteroatoms. The third kappa shape index (κ3) is 3.26. The summed E-state index contributed by atoms with van der Waals surface area (Å²) in [5, 5.41) is 2.82. The van der Waals surface area contributed by atoms with E-state index in [1.807, 2.05) is 12.1 Å². The predicted octanol–water partition coefficient (Wildman–Crippen LogP) is 5.14. The highest BCUT2D eigenvalue weighted by Crippen LogP contribution is 2.35.